The molecule has 0 amide bonds. The predicted molar refractivity (Wildman–Crippen MR) is 84.3 cm³/mol. The molecule has 1 saturated heterocycles. The number of hydroxylamine groups is 2. The van der Waals surface area contributed by atoms with Crippen LogP contribution in [0.25, 0.3) is 11.1 Å². The van der Waals surface area contributed by atoms with Crippen molar-refractivity contribution in [3.63, 3.8) is 0 Å². The molecule has 1 heterocycles. The van der Waals surface area contributed by atoms with Gasteiger partial charge in [0.05, 0.1) is 7.11 Å². The molecule has 4 heteroatoms. The average Bonchev–Trinajstić information content (AvgIpc) is 3.04. The second-order valence-corrected chi connectivity index (χ2v) is 5.30. The zero-order valence-electron chi connectivity index (χ0n) is 12.6. The van der Waals surface area contributed by atoms with Crippen LogP contribution in [0.15, 0.2) is 54.6 Å². The first-order chi connectivity index (χ1) is 10.8. The van der Waals surface area contributed by atoms with Gasteiger partial charge in [-0.1, -0.05) is 42.5 Å². The lowest BCUT2D eigenvalue weighted by Gasteiger charge is -2.22. The minimum absolute atomic E-state index is 0.238. The van der Waals surface area contributed by atoms with E-state index in [1.807, 2.05) is 42.5 Å². The summed E-state index contributed by atoms with van der Waals surface area (Å²) in [5, 5.41) is 1.71. The standard InChI is InChI=1S/C18H19NO3/c1-21-18(20)17-8-5-13-19(17)22-16-11-9-15(10-12-16)14-6-3-2-4-7-14/h2-4,6-7,9-12,17H,5,8,13H2,1H3. The van der Waals surface area contributed by atoms with Crippen LogP contribution >= 0.6 is 0 Å². The summed E-state index contributed by atoms with van der Waals surface area (Å²) >= 11 is 0. The normalized spacial score (nSPS) is 18.1. The van der Waals surface area contributed by atoms with Gasteiger partial charge in [-0.3, -0.25) is 4.79 Å². The van der Waals surface area contributed by atoms with Crippen LogP contribution in [-0.2, 0) is 9.53 Å². The summed E-state index contributed by atoms with van der Waals surface area (Å²) in [5.41, 5.74) is 2.31. The number of nitrogens with zero attached hydrogens (tertiary/aromatic N) is 1. The van der Waals surface area contributed by atoms with Crippen molar-refractivity contribution in [2.75, 3.05) is 13.7 Å². The highest BCUT2D eigenvalue weighted by Crippen LogP contribution is 2.25. The van der Waals surface area contributed by atoms with Gasteiger partial charge in [-0.25, -0.2) is 0 Å². The number of hydrogen-bond donors (Lipinski definition) is 0. The van der Waals surface area contributed by atoms with Crippen LogP contribution < -0.4 is 4.84 Å². The van der Waals surface area contributed by atoms with E-state index in [-0.39, 0.29) is 12.0 Å². The maximum absolute atomic E-state index is 11.7. The van der Waals surface area contributed by atoms with Gasteiger partial charge in [0.25, 0.3) is 0 Å². The Bertz CT molecular complexity index is 625. The van der Waals surface area contributed by atoms with Crippen molar-refractivity contribution in [3.05, 3.63) is 54.6 Å². The fraction of sp³-hybridized carbons (Fsp3) is 0.278. The molecule has 0 bridgehead atoms. The SMILES string of the molecule is COC(=O)C1CCCN1Oc1ccc(-c2ccccc2)cc1. The molecule has 22 heavy (non-hydrogen) atoms. The Morgan fingerprint density at radius 3 is 2.41 bits per heavy atom. The zero-order valence-corrected chi connectivity index (χ0v) is 12.6. The smallest absolute Gasteiger partial charge is 0.326 e. The van der Waals surface area contributed by atoms with Gasteiger partial charge < -0.3 is 9.57 Å². The van der Waals surface area contributed by atoms with Crippen molar-refractivity contribution < 1.29 is 14.4 Å². The van der Waals surface area contributed by atoms with Crippen LogP contribution in [0.2, 0.25) is 0 Å². The largest absolute Gasteiger partial charge is 0.468 e. The van der Waals surface area contributed by atoms with E-state index in [1.54, 1.807) is 5.06 Å². The molecular formula is C18H19NO3. The summed E-state index contributed by atoms with van der Waals surface area (Å²) in [4.78, 5) is 17.5. The monoisotopic (exact) mass is 297 g/mol. The van der Waals surface area contributed by atoms with E-state index in [1.165, 1.54) is 12.7 Å². The van der Waals surface area contributed by atoms with Gasteiger partial charge in [0.2, 0.25) is 0 Å². The second kappa shape index (κ2) is 6.62. The molecule has 1 unspecified atom stereocenters. The molecule has 0 aliphatic carbocycles. The number of carbonyl (C=O) groups excluding carboxylic acids is 1. The van der Waals surface area contributed by atoms with E-state index in [0.29, 0.717) is 0 Å². The molecule has 114 valence electrons. The van der Waals surface area contributed by atoms with Gasteiger partial charge in [0, 0.05) is 6.54 Å². The summed E-state index contributed by atoms with van der Waals surface area (Å²) < 4.78 is 4.82. The number of benzene rings is 2. The Balaban J connectivity index is 1.70. The molecule has 0 radical (unpaired) electrons. The van der Waals surface area contributed by atoms with Crippen molar-refractivity contribution in [1.29, 1.82) is 0 Å². The highest BCUT2D eigenvalue weighted by molar-refractivity contribution is 5.75. The maximum atomic E-state index is 11.7. The first kappa shape index (κ1) is 14.6. The van der Waals surface area contributed by atoms with Gasteiger partial charge in [-0.05, 0) is 36.1 Å². The van der Waals surface area contributed by atoms with Crippen molar-refractivity contribution >= 4 is 5.97 Å². The summed E-state index contributed by atoms with van der Waals surface area (Å²) in [5.74, 6) is 0.494. The van der Waals surface area contributed by atoms with Crippen LogP contribution in [0, 0.1) is 0 Å². The third kappa shape index (κ3) is 3.12. The molecule has 1 aliphatic rings. The van der Waals surface area contributed by atoms with Crippen LogP contribution in [0.5, 0.6) is 5.75 Å². The molecule has 1 fully saturated rings. The molecule has 0 N–H and O–H groups in total. The molecule has 1 atom stereocenters. The Hall–Kier alpha value is -2.33. The van der Waals surface area contributed by atoms with Crippen molar-refractivity contribution in [3.8, 4) is 16.9 Å². The van der Waals surface area contributed by atoms with Crippen LogP contribution in [0.3, 0.4) is 0 Å². The van der Waals surface area contributed by atoms with Crippen molar-refractivity contribution in [1.82, 2.24) is 5.06 Å². The third-order valence-corrected chi connectivity index (χ3v) is 3.86. The lowest BCUT2D eigenvalue weighted by molar-refractivity contribution is -0.158. The topological polar surface area (TPSA) is 38.8 Å². The third-order valence-electron chi connectivity index (χ3n) is 3.86. The number of hydrogen-bond acceptors (Lipinski definition) is 4. The number of ether oxygens (including phenoxy) is 1. The second-order valence-electron chi connectivity index (χ2n) is 5.30. The Labute approximate surface area is 130 Å². The molecular weight excluding hydrogens is 278 g/mol. The number of carbonyl (C=O) groups is 1. The quantitative estimate of drug-likeness (QED) is 0.812. The van der Waals surface area contributed by atoms with Gasteiger partial charge in [0.15, 0.2) is 0 Å². The lowest BCUT2D eigenvalue weighted by Crippen LogP contribution is -2.39. The number of esters is 1. The fourth-order valence-electron chi connectivity index (χ4n) is 2.70. The van der Waals surface area contributed by atoms with Crippen molar-refractivity contribution in [2.24, 2.45) is 0 Å². The van der Waals surface area contributed by atoms with E-state index in [2.05, 4.69) is 12.1 Å². The molecule has 2 aromatic carbocycles. The van der Waals surface area contributed by atoms with E-state index in [9.17, 15) is 4.79 Å². The average molecular weight is 297 g/mol. The van der Waals surface area contributed by atoms with Crippen LogP contribution in [0.4, 0.5) is 0 Å². The lowest BCUT2D eigenvalue weighted by atomic mass is 10.1. The minimum Gasteiger partial charge on any atom is -0.468 e. The summed E-state index contributed by atoms with van der Waals surface area (Å²) in [6.45, 7) is 0.736. The van der Waals surface area contributed by atoms with E-state index >= 15 is 0 Å². The molecule has 0 aromatic heterocycles. The highest BCUT2D eigenvalue weighted by atomic mass is 16.7. The van der Waals surface area contributed by atoms with E-state index in [0.717, 1.165) is 30.7 Å². The molecule has 0 saturated carbocycles. The first-order valence-corrected chi connectivity index (χ1v) is 7.46. The van der Waals surface area contributed by atoms with Crippen LogP contribution in [-0.4, -0.2) is 30.7 Å². The van der Waals surface area contributed by atoms with Crippen molar-refractivity contribution in [2.45, 2.75) is 18.9 Å². The van der Waals surface area contributed by atoms with E-state index < -0.39 is 0 Å². The van der Waals surface area contributed by atoms with Gasteiger partial charge in [-0.15, -0.1) is 5.06 Å². The van der Waals surface area contributed by atoms with E-state index in [4.69, 9.17) is 9.57 Å². The number of methoxy groups -OCH3 is 1. The first-order valence-electron chi connectivity index (χ1n) is 7.46. The zero-order chi connectivity index (χ0) is 15.4. The maximum Gasteiger partial charge on any atom is 0.326 e. The Kier molecular flexibility index (Phi) is 4.39. The summed E-state index contributed by atoms with van der Waals surface area (Å²) in [6.07, 6.45) is 1.70. The summed E-state index contributed by atoms with van der Waals surface area (Å²) in [6, 6.07) is 17.8. The molecule has 4 nitrogen and oxygen atoms in total. The van der Waals surface area contributed by atoms with Gasteiger partial charge in [0.1, 0.15) is 11.8 Å². The molecule has 0 spiro atoms. The summed E-state index contributed by atoms with van der Waals surface area (Å²) in [7, 11) is 1.41. The Morgan fingerprint density at radius 1 is 1.05 bits per heavy atom. The minimum atomic E-state index is -0.307. The molecule has 1 aliphatic heterocycles. The fourth-order valence-corrected chi connectivity index (χ4v) is 2.70. The molecule has 3 rings (SSSR count). The van der Waals surface area contributed by atoms with Gasteiger partial charge >= 0.3 is 5.97 Å². The molecule has 2 aromatic rings. The number of rotatable bonds is 4. The van der Waals surface area contributed by atoms with Crippen LogP contribution in [0.1, 0.15) is 12.8 Å². The predicted octanol–water partition coefficient (Wildman–Crippen LogP) is 3.28. The Morgan fingerprint density at radius 2 is 1.73 bits per heavy atom. The van der Waals surface area contributed by atoms with Gasteiger partial charge in [-0.2, -0.15) is 0 Å². The highest BCUT2D eigenvalue weighted by Gasteiger charge is 2.33.